The molecule has 5 nitrogen and oxygen atoms in total. The van der Waals surface area contributed by atoms with Crippen molar-refractivity contribution >= 4 is 11.6 Å². The Labute approximate surface area is 156 Å². The predicted molar refractivity (Wildman–Crippen MR) is 99.9 cm³/mol. The number of anilines is 1. The number of rotatable bonds is 4. The van der Waals surface area contributed by atoms with Gasteiger partial charge in [-0.25, -0.2) is 4.39 Å². The highest BCUT2D eigenvalue weighted by Crippen LogP contribution is 2.32. The Morgan fingerprint density at radius 3 is 2.59 bits per heavy atom. The fourth-order valence-corrected chi connectivity index (χ4v) is 3.31. The molecule has 1 aliphatic heterocycles. The smallest absolute Gasteiger partial charge is 0.260 e. The number of carbonyl (C=O) groups excluding carboxylic acids is 1. The van der Waals surface area contributed by atoms with Crippen LogP contribution in [0.2, 0.25) is 0 Å². The quantitative estimate of drug-likeness (QED) is 0.682. The van der Waals surface area contributed by atoms with Crippen molar-refractivity contribution in [3.63, 3.8) is 0 Å². The molecule has 0 spiro atoms. The van der Waals surface area contributed by atoms with Crippen molar-refractivity contribution in [2.45, 2.75) is 32.1 Å². The van der Waals surface area contributed by atoms with Gasteiger partial charge in [-0.2, -0.15) is 4.98 Å². The Balaban J connectivity index is 1.53. The summed E-state index contributed by atoms with van der Waals surface area (Å²) >= 11 is 0. The van der Waals surface area contributed by atoms with Crippen LogP contribution >= 0.6 is 0 Å². The van der Waals surface area contributed by atoms with E-state index in [1.165, 1.54) is 11.6 Å². The minimum absolute atomic E-state index is 0.0227. The Kier molecular flexibility index (Phi) is 4.48. The van der Waals surface area contributed by atoms with Gasteiger partial charge in [0, 0.05) is 24.6 Å². The van der Waals surface area contributed by atoms with Gasteiger partial charge >= 0.3 is 0 Å². The van der Waals surface area contributed by atoms with E-state index >= 15 is 0 Å². The standard InChI is InChI=1S/C21H20FN3O2/c1-13(2)14-7-9-16(10-8-14)25-12-15(11-19(25)26)20-23-21(27-24-20)17-5-3-4-6-18(17)22/h3-10,13,15H,11-12H2,1-2H3. The van der Waals surface area contributed by atoms with Crippen LogP contribution in [-0.2, 0) is 4.79 Å². The first-order valence-corrected chi connectivity index (χ1v) is 9.01. The maximum atomic E-state index is 13.9. The summed E-state index contributed by atoms with van der Waals surface area (Å²) in [4.78, 5) is 18.6. The second-order valence-corrected chi connectivity index (χ2v) is 7.09. The van der Waals surface area contributed by atoms with Gasteiger partial charge in [-0.3, -0.25) is 4.79 Å². The molecule has 27 heavy (non-hydrogen) atoms. The molecule has 0 saturated carbocycles. The first-order chi connectivity index (χ1) is 13.0. The summed E-state index contributed by atoms with van der Waals surface area (Å²) < 4.78 is 19.1. The zero-order chi connectivity index (χ0) is 19.0. The Hall–Kier alpha value is -3.02. The number of benzene rings is 2. The molecule has 1 atom stereocenters. The summed E-state index contributed by atoms with van der Waals surface area (Å²) in [6.07, 6.45) is 0.308. The van der Waals surface area contributed by atoms with Crippen LogP contribution in [0.25, 0.3) is 11.5 Å². The molecule has 2 aromatic carbocycles. The van der Waals surface area contributed by atoms with E-state index in [0.29, 0.717) is 24.7 Å². The van der Waals surface area contributed by atoms with Gasteiger partial charge in [0.2, 0.25) is 5.91 Å². The summed E-state index contributed by atoms with van der Waals surface area (Å²) in [5, 5.41) is 3.98. The lowest BCUT2D eigenvalue weighted by atomic mass is 10.0. The lowest BCUT2D eigenvalue weighted by Gasteiger charge is -2.17. The van der Waals surface area contributed by atoms with E-state index in [-0.39, 0.29) is 23.3 Å². The van der Waals surface area contributed by atoms with Gasteiger partial charge < -0.3 is 9.42 Å². The van der Waals surface area contributed by atoms with E-state index in [0.717, 1.165) is 5.69 Å². The predicted octanol–water partition coefficient (Wildman–Crippen LogP) is 4.52. The van der Waals surface area contributed by atoms with E-state index < -0.39 is 5.82 Å². The SMILES string of the molecule is CC(C)c1ccc(N2CC(c3noc(-c4ccccc4F)n3)CC2=O)cc1. The van der Waals surface area contributed by atoms with Gasteiger partial charge in [-0.05, 0) is 35.7 Å². The fraction of sp³-hybridized carbons (Fsp3) is 0.286. The van der Waals surface area contributed by atoms with E-state index in [2.05, 4.69) is 24.0 Å². The van der Waals surface area contributed by atoms with Gasteiger partial charge in [0.1, 0.15) is 5.82 Å². The first-order valence-electron chi connectivity index (χ1n) is 9.01. The normalized spacial score (nSPS) is 17.1. The molecular formula is C21H20FN3O2. The van der Waals surface area contributed by atoms with Crippen molar-refractivity contribution in [1.82, 2.24) is 10.1 Å². The number of aromatic nitrogens is 2. The van der Waals surface area contributed by atoms with Crippen molar-refractivity contribution < 1.29 is 13.7 Å². The van der Waals surface area contributed by atoms with Crippen molar-refractivity contribution in [1.29, 1.82) is 0 Å². The van der Waals surface area contributed by atoms with E-state index in [1.807, 2.05) is 24.3 Å². The van der Waals surface area contributed by atoms with Crippen LogP contribution in [0.1, 0.15) is 43.5 Å². The van der Waals surface area contributed by atoms with Crippen molar-refractivity contribution in [3.8, 4) is 11.5 Å². The molecule has 1 fully saturated rings. The highest BCUT2D eigenvalue weighted by atomic mass is 19.1. The summed E-state index contributed by atoms with van der Waals surface area (Å²) in [5.41, 5.74) is 2.36. The number of amides is 1. The Bertz CT molecular complexity index is 966. The number of hydrogen-bond donors (Lipinski definition) is 0. The topological polar surface area (TPSA) is 59.2 Å². The molecule has 2 heterocycles. The maximum Gasteiger partial charge on any atom is 0.260 e. The highest BCUT2D eigenvalue weighted by Gasteiger charge is 2.34. The van der Waals surface area contributed by atoms with Crippen LogP contribution in [-0.4, -0.2) is 22.6 Å². The largest absolute Gasteiger partial charge is 0.334 e. The van der Waals surface area contributed by atoms with Crippen LogP contribution in [0.3, 0.4) is 0 Å². The molecule has 6 heteroatoms. The Morgan fingerprint density at radius 2 is 1.89 bits per heavy atom. The van der Waals surface area contributed by atoms with Gasteiger partial charge in [0.25, 0.3) is 5.89 Å². The third kappa shape index (κ3) is 3.35. The van der Waals surface area contributed by atoms with E-state index in [9.17, 15) is 9.18 Å². The second kappa shape index (κ2) is 6.95. The molecule has 4 rings (SSSR count). The van der Waals surface area contributed by atoms with Gasteiger partial charge in [0.15, 0.2) is 5.82 Å². The summed E-state index contributed by atoms with van der Waals surface area (Å²) in [5.74, 6) is 0.443. The van der Waals surface area contributed by atoms with Crippen LogP contribution in [0.5, 0.6) is 0 Å². The fourth-order valence-electron chi connectivity index (χ4n) is 3.31. The van der Waals surface area contributed by atoms with Gasteiger partial charge in [-0.15, -0.1) is 0 Å². The average Bonchev–Trinajstić information content (AvgIpc) is 3.29. The molecule has 1 unspecified atom stereocenters. The van der Waals surface area contributed by atoms with Crippen LogP contribution in [0.15, 0.2) is 53.1 Å². The van der Waals surface area contributed by atoms with Gasteiger partial charge in [-0.1, -0.05) is 43.3 Å². The van der Waals surface area contributed by atoms with Crippen LogP contribution in [0, 0.1) is 5.82 Å². The third-order valence-corrected chi connectivity index (χ3v) is 4.91. The van der Waals surface area contributed by atoms with Crippen molar-refractivity contribution in [2.75, 3.05) is 11.4 Å². The molecule has 1 aliphatic rings. The number of hydrogen-bond acceptors (Lipinski definition) is 4. The molecule has 0 N–H and O–H groups in total. The summed E-state index contributed by atoms with van der Waals surface area (Å²) in [6.45, 7) is 4.75. The minimum atomic E-state index is -0.415. The van der Waals surface area contributed by atoms with Crippen LogP contribution < -0.4 is 4.90 Å². The summed E-state index contributed by atoms with van der Waals surface area (Å²) in [7, 11) is 0. The first kappa shape index (κ1) is 17.4. The number of nitrogens with zero attached hydrogens (tertiary/aromatic N) is 3. The molecule has 138 valence electrons. The lowest BCUT2D eigenvalue weighted by Crippen LogP contribution is -2.24. The average molecular weight is 365 g/mol. The lowest BCUT2D eigenvalue weighted by molar-refractivity contribution is -0.117. The number of halogens is 1. The number of carbonyl (C=O) groups is 1. The monoisotopic (exact) mass is 365 g/mol. The third-order valence-electron chi connectivity index (χ3n) is 4.91. The molecule has 1 saturated heterocycles. The second-order valence-electron chi connectivity index (χ2n) is 7.09. The summed E-state index contributed by atoms with van der Waals surface area (Å²) in [6, 6.07) is 14.3. The zero-order valence-corrected chi connectivity index (χ0v) is 15.2. The van der Waals surface area contributed by atoms with Crippen molar-refractivity contribution in [2.24, 2.45) is 0 Å². The molecule has 0 bridgehead atoms. The van der Waals surface area contributed by atoms with E-state index in [4.69, 9.17) is 4.52 Å². The van der Waals surface area contributed by atoms with Crippen LogP contribution in [0.4, 0.5) is 10.1 Å². The van der Waals surface area contributed by atoms with E-state index in [1.54, 1.807) is 23.1 Å². The molecule has 1 amide bonds. The molecule has 0 radical (unpaired) electrons. The molecule has 3 aromatic rings. The molecule has 1 aromatic heterocycles. The molecular weight excluding hydrogens is 345 g/mol. The molecule has 0 aliphatic carbocycles. The van der Waals surface area contributed by atoms with Gasteiger partial charge in [0.05, 0.1) is 5.56 Å². The maximum absolute atomic E-state index is 13.9. The van der Waals surface area contributed by atoms with Crippen molar-refractivity contribution in [3.05, 3.63) is 65.7 Å². The minimum Gasteiger partial charge on any atom is -0.334 e. The Morgan fingerprint density at radius 1 is 1.15 bits per heavy atom. The highest BCUT2D eigenvalue weighted by molar-refractivity contribution is 5.96. The zero-order valence-electron chi connectivity index (χ0n) is 15.2.